The lowest BCUT2D eigenvalue weighted by molar-refractivity contribution is -0.153. The summed E-state index contributed by atoms with van der Waals surface area (Å²) in [5.41, 5.74) is 4.05. The summed E-state index contributed by atoms with van der Waals surface area (Å²) in [6.45, 7) is 1.42. The number of primary amides is 1. The summed E-state index contributed by atoms with van der Waals surface area (Å²) in [4.78, 5) is 64.0. The highest BCUT2D eigenvalue weighted by Crippen LogP contribution is 2.51. The van der Waals surface area contributed by atoms with Crippen LogP contribution in [0.1, 0.15) is 63.5 Å². The zero-order chi connectivity index (χ0) is 26.0. The highest BCUT2D eigenvalue weighted by atomic mass is 16.5. The summed E-state index contributed by atoms with van der Waals surface area (Å²) < 4.78 is 5.09. The normalized spacial score (nSPS) is 28.1. The molecule has 4 atom stereocenters. The highest BCUT2D eigenvalue weighted by molar-refractivity contribution is 6.09. The number of nitrogens with one attached hydrogen (secondary N) is 2. The topological polar surface area (TPSA) is 168 Å². The lowest BCUT2D eigenvalue weighted by atomic mass is 9.77. The van der Waals surface area contributed by atoms with Crippen LogP contribution in [0.5, 0.6) is 5.75 Å². The summed E-state index contributed by atoms with van der Waals surface area (Å²) >= 11 is 0. The quantitative estimate of drug-likeness (QED) is 0.180. The molecular formula is C25H32N4O7. The molecule has 4 unspecified atom stereocenters. The van der Waals surface area contributed by atoms with E-state index in [-0.39, 0.29) is 31.3 Å². The molecule has 36 heavy (non-hydrogen) atoms. The van der Waals surface area contributed by atoms with E-state index >= 15 is 0 Å². The van der Waals surface area contributed by atoms with Crippen LogP contribution < -0.4 is 21.1 Å². The molecule has 5 N–H and O–H groups in total. The van der Waals surface area contributed by atoms with E-state index in [4.69, 9.17) is 10.5 Å². The number of likely N-dealkylation sites (tertiary alicyclic amines) is 1. The van der Waals surface area contributed by atoms with Gasteiger partial charge in [0.15, 0.2) is 0 Å². The Kier molecular flexibility index (Phi) is 7.30. The minimum absolute atomic E-state index is 0.0172. The fourth-order valence-corrected chi connectivity index (χ4v) is 6.03. The van der Waals surface area contributed by atoms with Gasteiger partial charge in [-0.25, -0.2) is 4.79 Å². The first-order chi connectivity index (χ1) is 17.2. The number of amides is 4. The Hall–Kier alpha value is -3.47. The van der Waals surface area contributed by atoms with E-state index in [0.717, 1.165) is 19.3 Å². The minimum atomic E-state index is -1.70. The van der Waals surface area contributed by atoms with Crippen molar-refractivity contribution in [3.05, 3.63) is 29.8 Å². The van der Waals surface area contributed by atoms with Crippen LogP contribution in [0.4, 0.5) is 4.79 Å². The van der Waals surface area contributed by atoms with Gasteiger partial charge in [0, 0.05) is 25.6 Å². The molecule has 4 amide bonds. The summed E-state index contributed by atoms with van der Waals surface area (Å²) in [6, 6.07) is 4.81. The molecule has 0 bridgehead atoms. The van der Waals surface area contributed by atoms with Gasteiger partial charge in [0.05, 0.1) is 11.8 Å². The zero-order valence-corrected chi connectivity index (χ0v) is 20.2. The Morgan fingerprint density at radius 2 is 1.81 bits per heavy atom. The van der Waals surface area contributed by atoms with Crippen LogP contribution in [-0.2, 0) is 19.2 Å². The molecule has 1 aliphatic carbocycles. The van der Waals surface area contributed by atoms with E-state index in [1.165, 1.54) is 11.8 Å². The van der Waals surface area contributed by atoms with Gasteiger partial charge < -0.3 is 20.9 Å². The molecule has 2 heterocycles. The number of rotatable bonds is 8. The summed E-state index contributed by atoms with van der Waals surface area (Å²) in [5.74, 6) is -4.15. The van der Waals surface area contributed by atoms with Gasteiger partial charge in [-0.2, -0.15) is 0 Å². The molecule has 3 aliphatic rings. The second kappa shape index (κ2) is 10.3. The molecule has 194 valence electrons. The van der Waals surface area contributed by atoms with Crippen molar-refractivity contribution >= 4 is 29.8 Å². The minimum Gasteiger partial charge on any atom is -0.480 e. The Balaban J connectivity index is 1.70. The Labute approximate surface area is 208 Å². The highest BCUT2D eigenvalue weighted by Gasteiger charge is 2.68. The van der Waals surface area contributed by atoms with Gasteiger partial charge in [0.2, 0.25) is 11.8 Å². The lowest BCUT2D eigenvalue weighted by Gasteiger charge is -2.34. The van der Waals surface area contributed by atoms with E-state index < -0.39 is 47.3 Å². The van der Waals surface area contributed by atoms with Crippen molar-refractivity contribution in [2.45, 2.75) is 69.5 Å². The molecule has 3 fully saturated rings. The molecule has 1 saturated carbocycles. The summed E-state index contributed by atoms with van der Waals surface area (Å²) in [6.07, 6.45) is 4.57. The van der Waals surface area contributed by atoms with E-state index in [2.05, 4.69) is 10.6 Å². The molecule has 2 saturated heterocycles. The van der Waals surface area contributed by atoms with Crippen molar-refractivity contribution in [3.63, 3.8) is 0 Å². The second-order valence-electron chi connectivity index (χ2n) is 9.80. The number of nitrogens with zero attached hydrogens (tertiary/aromatic N) is 1. The van der Waals surface area contributed by atoms with Crippen molar-refractivity contribution in [2.75, 3.05) is 6.54 Å². The Morgan fingerprint density at radius 3 is 2.39 bits per heavy atom. The van der Waals surface area contributed by atoms with E-state index in [1.54, 1.807) is 24.3 Å². The third-order valence-electron chi connectivity index (χ3n) is 7.56. The third-order valence-corrected chi connectivity index (χ3v) is 7.56. The van der Waals surface area contributed by atoms with Gasteiger partial charge >= 0.3 is 18.0 Å². The number of carboxylic acid groups (broad SMARTS) is 1. The number of benzene rings is 1. The first-order valence-electron chi connectivity index (χ1n) is 12.4. The fourth-order valence-electron chi connectivity index (χ4n) is 6.03. The molecule has 0 aromatic heterocycles. The number of nitrogens with two attached hydrogens (primary N) is 1. The van der Waals surface area contributed by atoms with Crippen molar-refractivity contribution < 1.29 is 33.8 Å². The predicted octanol–water partition coefficient (Wildman–Crippen LogP) is 1.46. The molecule has 0 radical (unpaired) electrons. The molecule has 4 rings (SSSR count). The number of urea groups is 1. The van der Waals surface area contributed by atoms with E-state index in [9.17, 15) is 29.1 Å². The molecule has 0 spiro atoms. The predicted molar refractivity (Wildman–Crippen MR) is 127 cm³/mol. The maximum absolute atomic E-state index is 13.8. The Morgan fingerprint density at radius 1 is 1.14 bits per heavy atom. The number of hydrogen-bond donors (Lipinski definition) is 4. The second-order valence-corrected chi connectivity index (χ2v) is 9.80. The van der Waals surface area contributed by atoms with Crippen LogP contribution in [0.25, 0.3) is 0 Å². The molecule has 1 aromatic rings. The first kappa shape index (κ1) is 25.6. The van der Waals surface area contributed by atoms with Crippen LogP contribution in [0.15, 0.2) is 24.3 Å². The van der Waals surface area contributed by atoms with Crippen LogP contribution in [0.2, 0.25) is 0 Å². The number of imide groups is 1. The first-order valence-corrected chi connectivity index (χ1v) is 12.4. The molecular weight excluding hydrogens is 468 g/mol. The largest absolute Gasteiger partial charge is 0.480 e. The van der Waals surface area contributed by atoms with Gasteiger partial charge in [-0.3, -0.25) is 29.4 Å². The standard InChI is InChI=1S/C25H32N4O7/c1-14(30)36-17-10-8-15(9-11-17)20-18-19(22(32)29(21(18)31)16-6-3-2-4-7-16)25(28-20,23(33)34)12-5-13-27-24(26)35/h8-11,16,18-20,28H,2-7,12-13H2,1H3,(H,33,34)(H3,26,27,35). The number of carboxylic acids is 1. The van der Waals surface area contributed by atoms with Gasteiger partial charge in [-0.05, 0) is 43.4 Å². The maximum atomic E-state index is 13.8. The number of carbonyl (C=O) groups is 5. The molecule has 11 nitrogen and oxygen atoms in total. The lowest BCUT2D eigenvalue weighted by Crippen LogP contribution is -2.56. The number of esters is 1. The number of hydrogen-bond acceptors (Lipinski definition) is 7. The number of ether oxygens (including phenoxy) is 1. The average molecular weight is 501 g/mol. The van der Waals surface area contributed by atoms with Crippen molar-refractivity contribution in [2.24, 2.45) is 17.6 Å². The summed E-state index contributed by atoms with van der Waals surface area (Å²) in [5, 5.41) is 16.0. The van der Waals surface area contributed by atoms with Gasteiger partial charge in [-0.15, -0.1) is 0 Å². The fraction of sp³-hybridized carbons (Fsp3) is 0.560. The van der Waals surface area contributed by atoms with Crippen LogP contribution in [0.3, 0.4) is 0 Å². The van der Waals surface area contributed by atoms with Crippen LogP contribution in [-0.4, -0.2) is 57.9 Å². The number of carbonyl (C=O) groups excluding carboxylic acids is 4. The van der Waals surface area contributed by atoms with Gasteiger partial charge in [-0.1, -0.05) is 31.4 Å². The van der Waals surface area contributed by atoms with Gasteiger partial charge in [0.1, 0.15) is 11.3 Å². The van der Waals surface area contributed by atoms with Crippen molar-refractivity contribution in [1.82, 2.24) is 15.5 Å². The molecule has 2 aliphatic heterocycles. The van der Waals surface area contributed by atoms with Crippen LogP contribution in [0, 0.1) is 11.8 Å². The van der Waals surface area contributed by atoms with E-state index in [1.807, 2.05) is 0 Å². The zero-order valence-electron chi connectivity index (χ0n) is 20.2. The van der Waals surface area contributed by atoms with Crippen LogP contribution >= 0.6 is 0 Å². The maximum Gasteiger partial charge on any atom is 0.324 e. The van der Waals surface area contributed by atoms with Crippen molar-refractivity contribution in [1.29, 1.82) is 0 Å². The number of aliphatic carboxylic acids is 1. The number of fused-ring (bicyclic) bond motifs is 1. The van der Waals surface area contributed by atoms with Crippen molar-refractivity contribution in [3.8, 4) is 5.75 Å². The molecule has 11 heteroatoms. The van der Waals surface area contributed by atoms with Gasteiger partial charge in [0.25, 0.3) is 0 Å². The third kappa shape index (κ3) is 4.67. The monoisotopic (exact) mass is 500 g/mol. The average Bonchev–Trinajstić information content (AvgIpc) is 3.31. The van der Waals surface area contributed by atoms with E-state index in [0.29, 0.717) is 24.2 Å². The molecule has 1 aromatic carbocycles. The summed E-state index contributed by atoms with van der Waals surface area (Å²) in [7, 11) is 0. The smallest absolute Gasteiger partial charge is 0.324 e. The Bertz CT molecular complexity index is 1050. The SMILES string of the molecule is CC(=O)Oc1ccc(C2NC(CCCNC(N)=O)(C(=O)O)C3C(=O)N(C4CCCCC4)C(=O)C23)cc1.